The molecule has 29 heavy (non-hydrogen) atoms. The lowest BCUT2D eigenvalue weighted by Crippen LogP contribution is -2.29. The van der Waals surface area contributed by atoms with E-state index >= 15 is 0 Å². The van der Waals surface area contributed by atoms with Gasteiger partial charge < -0.3 is 9.94 Å². The molecule has 2 unspecified atom stereocenters. The summed E-state index contributed by atoms with van der Waals surface area (Å²) in [6.07, 6.45) is 20.9. The van der Waals surface area contributed by atoms with Crippen molar-refractivity contribution in [3.63, 3.8) is 0 Å². The maximum Gasteiger partial charge on any atom is 0.168 e. The van der Waals surface area contributed by atoms with E-state index in [9.17, 15) is 9.90 Å². The molecule has 0 spiro atoms. The van der Waals surface area contributed by atoms with E-state index in [0.29, 0.717) is 43.1 Å². The number of aliphatic hydroxyl groups excluding tert-OH is 1. The van der Waals surface area contributed by atoms with E-state index in [-0.39, 0.29) is 17.5 Å². The van der Waals surface area contributed by atoms with Crippen molar-refractivity contribution >= 4 is 11.5 Å². The second-order valence-corrected chi connectivity index (χ2v) is 8.07. The molecule has 0 fully saturated rings. The second-order valence-electron chi connectivity index (χ2n) is 8.07. The van der Waals surface area contributed by atoms with E-state index in [4.69, 9.17) is 4.84 Å². The summed E-state index contributed by atoms with van der Waals surface area (Å²) in [6.45, 7) is 5.94. The zero-order chi connectivity index (χ0) is 20.9. The van der Waals surface area contributed by atoms with Gasteiger partial charge in [0, 0.05) is 12.8 Å². The molecule has 2 aliphatic carbocycles. The summed E-state index contributed by atoms with van der Waals surface area (Å²) >= 11 is 0. The van der Waals surface area contributed by atoms with Crippen molar-refractivity contribution < 1.29 is 14.7 Å². The molecule has 0 amide bonds. The first-order chi connectivity index (χ1) is 14.2. The molecular formula is C25H37NO3. The zero-order valence-electron chi connectivity index (χ0n) is 17.9. The van der Waals surface area contributed by atoms with Crippen LogP contribution in [0.3, 0.4) is 0 Å². The summed E-state index contributed by atoms with van der Waals surface area (Å²) in [5.74, 6) is 0.879. The highest BCUT2D eigenvalue weighted by Crippen LogP contribution is 2.37. The number of oxime groups is 1. The van der Waals surface area contributed by atoms with Crippen molar-refractivity contribution in [2.45, 2.75) is 77.6 Å². The fraction of sp³-hybridized carbons (Fsp3) is 0.600. The molecule has 4 heteroatoms. The minimum atomic E-state index is 0.00899. The quantitative estimate of drug-likeness (QED) is 0.227. The first-order valence-electron chi connectivity index (χ1n) is 11.2. The number of ketones is 1. The lowest BCUT2D eigenvalue weighted by molar-refractivity contribution is -0.117. The number of hydrogen-bond acceptors (Lipinski definition) is 4. The van der Waals surface area contributed by atoms with Crippen LogP contribution in [-0.2, 0) is 9.63 Å². The van der Waals surface area contributed by atoms with Crippen LogP contribution >= 0.6 is 0 Å². The molecule has 0 aromatic carbocycles. The molecule has 1 N–H and O–H groups in total. The lowest BCUT2D eigenvalue weighted by Gasteiger charge is -2.31. The van der Waals surface area contributed by atoms with Crippen LogP contribution in [0.5, 0.6) is 0 Å². The molecule has 0 saturated heterocycles. The molecular weight excluding hydrogens is 362 g/mol. The Morgan fingerprint density at radius 3 is 2.55 bits per heavy atom. The van der Waals surface area contributed by atoms with Gasteiger partial charge in [-0.15, -0.1) is 0 Å². The summed E-state index contributed by atoms with van der Waals surface area (Å²) in [5.41, 5.74) is 0.963. The predicted molar refractivity (Wildman–Crippen MR) is 120 cm³/mol. The Labute approximate surface area is 176 Å². The zero-order valence-corrected chi connectivity index (χ0v) is 17.9. The molecule has 0 radical (unpaired) electrons. The fourth-order valence-corrected chi connectivity index (χ4v) is 4.29. The van der Waals surface area contributed by atoms with E-state index < -0.39 is 0 Å². The number of carbonyl (C=O) groups is 1. The lowest BCUT2D eigenvalue weighted by atomic mass is 9.74. The third kappa shape index (κ3) is 7.68. The second kappa shape index (κ2) is 13.2. The van der Waals surface area contributed by atoms with E-state index in [0.717, 1.165) is 51.4 Å². The highest BCUT2D eigenvalue weighted by atomic mass is 16.6. The van der Waals surface area contributed by atoms with Crippen molar-refractivity contribution in [1.29, 1.82) is 0 Å². The topological polar surface area (TPSA) is 58.9 Å². The molecule has 0 heterocycles. The number of allylic oxidation sites excluding steroid dienone is 6. The van der Waals surface area contributed by atoms with Crippen LogP contribution in [0, 0.1) is 11.8 Å². The first-order valence-corrected chi connectivity index (χ1v) is 11.2. The van der Waals surface area contributed by atoms with E-state index in [1.54, 1.807) is 6.08 Å². The van der Waals surface area contributed by atoms with Gasteiger partial charge >= 0.3 is 0 Å². The third-order valence-corrected chi connectivity index (χ3v) is 5.76. The minimum Gasteiger partial charge on any atom is -0.511 e. The van der Waals surface area contributed by atoms with Gasteiger partial charge in [-0.25, -0.2) is 0 Å². The van der Waals surface area contributed by atoms with E-state index in [2.05, 4.69) is 36.0 Å². The van der Waals surface area contributed by atoms with Crippen LogP contribution in [0.25, 0.3) is 0 Å². The Hall–Kier alpha value is -2.10. The standard InChI is InChI=1S/C25H37NO3/c1-3-14-22(26-29-17-4-2)25-23(27)18-21(19-24(25)28)20-15-12-10-8-6-5-7-9-11-13-16-20/h4,6,8-9,11,20-21,27H,2-3,5,7,10,12-19H2,1H3/b8-6-,11-9-,26-22?. The smallest absolute Gasteiger partial charge is 0.168 e. The number of carbonyl (C=O) groups excluding carboxylic acids is 1. The maximum absolute atomic E-state index is 13.0. The monoisotopic (exact) mass is 399 g/mol. The summed E-state index contributed by atoms with van der Waals surface area (Å²) in [5, 5.41) is 14.9. The van der Waals surface area contributed by atoms with Crippen LogP contribution in [0.4, 0.5) is 0 Å². The molecule has 0 aromatic rings. The highest BCUT2D eigenvalue weighted by molar-refractivity contribution is 6.23. The van der Waals surface area contributed by atoms with Crippen molar-refractivity contribution in [3.05, 3.63) is 48.3 Å². The van der Waals surface area contributed by atoms with Gasteiger partial charge in [0.1, 0.15) is 12.4 Å². The fourth-order valence-electron chi connectivity index (χ4n) is 4.29. The van der Waals surface area contributed by atoms with Gasteiger partial charge in [0.25, 0.3) is 0 Å². The van der Waals surface area contributed by atoms with Crippen molar-refractivity contribution in [2.24, 2.45) is 17.0 Å². The van der Waals surface area contributed by atoms with E-state index in [1.807, 2.05) is 6.92 Å². The molecule has 160 valence electrons. The van der Waals surface area contributed by atoms with E-state index in [1.165, 1.54) is 0 Å². The highest BCUT2D eigenvalue weighted by Gasteiger charge is 2.34. The Balaban J connectivity index is 2.13. The minimum absolute atomic E-state index is 0.00899. The normalized spacial score (nSPS) is 26.9. The van der Waals surface area contributed by atoms with Crippen molar-refractivity contribution in [1.82, 2.24) is 0 Å². The largest absolute Gasteiger partial charge is 0.511 e. The Bertz CT molecular complexity index is 657. The van der Waals surface area contributed by atoms with Crippen molar-refractivity contribution in [2.75, 3.05) is 6.61 Å². The van der Waals surface area contributed by atoms with Crippen LogP contribution in [0.1, 0.15) is 77.6 Å². The molecule has 0 aromatic heterocycles. The maximum atomic E-state index is 13.0. The van der Waals surface area contributed by atoms with Gasteiger partial charge in [-0.3, -0.25) is 4.79 Å². The molecule has 2 aliphatic rings. The van der Waals surface area contributed by atoms with Crippen LogP contribution in [0.15, 0.2) is 53.4 Å². The average molecular weight is 400 g/mol. The molecule has 4 nitrogen and oxygen atoms in total. The SMILES string of the molecule is C=CCON=C(CCC)C1=C(O)CC(C2CC/C=C\CC/C=C\CCC2)CC1=O. The summed E-state index contributed by atoms with van der Waals surface area (Å²) in [6, 6.07) is 0. The average Bonchev–Trinajstić information content (AvgIpc) is 2.68. The van der Waals surface area contributed by atoms with Gasteiger partial charge in [0.05, 0.1) is 11.3 Å². The summed E-state index contributed by atoms with van der Waals surface area (Å²) in [7, 11) is 0. The molecule has 0 saturated carbocycles. The van der Waals surface area contributed by atoms with Crippen LogP contribution < -0.4 is 0 Å². The molecule has 2 atom stereocenters. The van der Waals surface area contributed by atoms with Crippen LogP contribution in [0.2, 0.25) is 0 Å². The summed E-state index contributed by atoms with van der Waals surface area (Å²) < 4.78 is 0. The summed E-state index contributed by atoms with van der Waals surface area (Å²) in [4.78, 5) is 18.2. The number of rotatable bonds is 7. The van der Waals surface area contributed by atoms with Crippen LogP contribution in [-0.4, -0.2) is 23.2 Å². The van der Waals surface area contributed by atoms with Gasteiger partial charge in [0.2, 0.25) is 0 Å². The van der Waals surface area contributed by atoms with Gasteiger partial charge in [-0.1, -0.05) is 55.5 Å². The number of Topliss-reactive ketones (excluding diaryl/α,β-unsaturated/α-hetero) is 1. The van der Waals surface area contributed by atoms with Gasteiger partial charge in [-0.05, 0) is 63.2 Å². The van der Waals surface area contributed by atoms with Gasteiger partial charge in [-0.2, -0.15) is 0 Å². The molecule has 0 aliphatic heterocycles. The molecule has 2 rings (SSSR count). The Kier molecular flexibility index (Phi) is 10.5. The Morgan fingerprint density at radius 1 is 1.14 bits per heavy atom. The number of aliphatic hydroxyl groups is 1. The number of hydrogen-bond donors (Lipinski definition) is 1. The third-order valence-electron chi connectivity index (χ3n) is 5.76. The molecule has 0 bridgehead atoms. The van der Waals surface area contributed by atoms with Gasteiger partial charge in [0.15, 0.2) is 5.78 Å². The predicted octanol–water partition coefficient (Wildman–Crippen LogP) is 6.61. The Morgan fingerprint density at radius 2 is 1.86 bits per heavy atom. The number of nitrogens with zero attached hydrogens (tertiary/aromatic N) is 1. The first kappa shape index (κ1) is 23.2. The van der Waals surface area contributed by atoms with Crippen molar-refractivity contribution in [3.8, 4) is 0 Å².